The van der Waals surface area contributed by atoms with E-state index in [-0.39, 0.29) is 135 Å². The minimum Gasteiger partial charge on any atom is -0.480 e. The van der Waals surface area contributed by atoms with Crippen LogP contribution in [0.5, 0.6) is 0 Å². The van der Waals surface area contributed by atoms with Gasteiger partial charge >= 0.3 is 17.9 Å². The maximum atomic E-state index is 14.7. The fourth-order valence-electron chi connectivity index (χ4n) is 13.3. The number of aromatic amines is 2. The number of aliphatic hydroxyl groups is 1. The van der Waals surface area contributed by atoms with Crippen LogP contribution in [0.4, 0.5) is 0 Å². The predicted octanol–water partition coefficient (Wildman–Crippen LogP) is -3.55. The summed E-state index contributed by atoms with van der Waals surface area (Å²) in [5.74, 6) is -14.1. The number of nitrogens with one attached hydrogen (secondary N) is 13. The van der Waals surface area contributed by atoms with Crippen LogP contribution < -0.4 is 70.0 Å². The van der Waals surface area contributed by atoms with Crippen LogP contribution in [0.2, 0.25) is 0 Å². The zero-order chi connectivity index (χ0) is 87.8. The number of aromatic nitrogens is 3. The van der Waals surface area contributed by atoms with Crippen LogP contribution in [0, 0.1) is 17.8 Å². The van der Waals surface area contributed by atoms with Gasteiger partial charge in [0, 0.05) is 120 Å². The molecule has 0 aliphatic carbocycles. The van der Waals surface area contributed by atoms with E-state index >= 15 is 0 Å². The smallest absolute Gasteiger partial charge is 0.317 e. The van der Waals surface area contributed by atoms with E-state index in [0.29, 0.717) is 53.7 Å². The number of imidazole rings is 1. The lowest BCUT2D eigenvalue weighted by molar-refractivity contribution is -0.140. The molecule has 5 rings (SSSR count). The number of aliphatic carboxylic acids is 3. The summed E-state index contributed by atoms with van der Waals surface area (Å²) < 4.78 is 0. The molecule has 1 saturated heterocycles. The number of para-hydroxylation sites is 1. The molecule has 0 spiro atoms. The standard InChI is InChI=1S/C79H120N20O20/c1-47(2)33-57(62(100)38-66(104)89-58(73(81)113)34-48(3)4)93-78(118)61(37-53-40-82-46-87-53)91-67(105)41-86-79(119)72(49(5)6)95-74(114)50(7)88-76(116)60(36-52-39-85-55-18-12-11-17-54(52)55)94-75(115)56(19-20-63(80)101)92-77(117)59(35-51-15-9-8-10-16-51)90-65(103)22-24-83-64(102)21-23-84-68(106)42-96-25-13-14-26-97(43-69(107)108)28-30-99(45-71(111)112)32-31-98(29-27-96)44-70(109)110/h8-12,15-18,39-40,46-50,56-62,72,85,100H,13-14,19-38,41-45H2,1-7H3,(H2,80,101)(H2,81,113)(H,82,87)(H,83,102)(H,84,106)(H,86,119)(H,88,116)(H,89,104)(H,90,103)(H,91,105)(H,92,117)(H,93,118)(H,94,115)(H,95,114)(H,107,108)(H,109,110)(H,111,112)/t50-,56-,57-,58-,59+,60-,61-,62-,72-/m0/s1. The molecule has 9 atom stereocenters. The predicted molar refractivity (Wildman–Crippen MR) is 434 cm³/mol. The van der Waals surface area contributed by atoms with Crippen molar-refractivity contribution in [1.82, 2.24) is 93.0 Å². The van der Waals surface area contributed by atoms with E-state index < -0.39 is 181 Å². The molecule has 21 N–H and O–H groups in total. The molecular weight excluding hydrogens is 1550 g/mol. The van der Waals surface area contributed by atoms with Crippen molar-refractivity contribution >= 4 is 106 Å². The summed E-state index contributed by atoms with van der Waals surface area (Å²) in [6, 6.07) is 4.95. The van der Waals surface area contributed by atoms with E-state index in [1.54, 1.807) is 89.3 Å². The monoisotopic (exact) mass is 1670 g/mol. The first-order valence-electron chi connectivity index (χ1n) is 40.0. The Balaban J connectivity index is 1.22. The number of benzene rings is 2. The topological polar surface area (TPSA) is 596 Å². The Hall–Kier alpha value is -11.5. The van der Waals surface area contributed by atoms with Gasteiger partial charge in [-0.2, -0.15) is 0 Å². The van der Waals surface area contributed by atoms with Crippen molar-refractivity contribution in [3.05, 3.63) is 90.1 Å². The summed E-state index contributed by atoms with van der Waals surface area (Å²) in [5.41, 5.74) is 13.3. The van der Waals surface area contributed by atoms with Crippen molar-refractivity contribution in [2.24, 2.45) is 29.2 Å². The second-order valence-electron chi connectivity index (χ2n) is 30.9. The van der Waals surface area contributed by atoms with Gasteiger partial charge in [-0.15, -0.1) is 0 Å². The Bertz CT molecular complexity index is 4030. The van der Waals surface area contributed by atoms with Gasteiger partial charge in [0.15, 0.2) is 0 Å². The van der Waals surface area contributed by atoms with Crippen molar-refractivity contribution in [2.45, 2.75) is 180 Å². The van der Waals surface area contributed by atoms with Gasteiger partial charge in [0.2, 0.25) is 76.8 Å². The average molecular weight is 1670 g/mol. The number of hydrogen-bond donors (Lipinski definition) is 19. The van der Waals surface area contributed by atoms with Crippen LogP contribution in [0.15, 0.2) is 73.3 Å². The number of carbonyl (C=O) groups is 16. The lowest BCUT2D eigenvalue weighted by Crippen LogP contribution is -2.60. The van der Waals surface area contributed by atoms with Crippen molar-refractivity contribution < 1.29 is 97.1 Å². The Labute approximate surface area is 690 Å². The second kappa shape index (κ2) is 51.0. The van der Waals surface area contributed by atoms with Gasteiger partial charge in [-0.1, -0.05) is 90.1 Å². The first-order chi connectivity index (χ1) is 56.4. The minimum atomic E-state index is -1.60. The van der Waals surface area contributed by atoms with Gasteiger partial charge in [0.25, 0.3) is 0 Å². The number of carboxylic acids is 3. The minimum absolute atomic E-state index is 0.00333. The lowest BCUT2D eigenvalue weighted by atomic mass is 9.96. The number of hydrogen-bond acceptors (Lipinski definition) is 22. The molecule has 0 saturated carbocycles. The Morgan fingerprint density at radius 2 is 0.975 bits per heavy atom. The highest BCUT2D eigenvalue weighted by Crippen LogP contribution is 2.21. The van der Waals surface area contributed by atoms with Crippen molar-refractivity contribution in [3.63, 3.8) is 0 Å². The summed E-state index contributed by atoms with van der Waals surface area (Å²) >= 11 is 0. The zero-order valence-corrected chi connectivity index (χ0v) is 68.7. The number of fused-ring (bicyclic) bond motifs is 1. The number of carbonyl (C=O) groups excluding carboxylic acids is 13. The molecule has 0 bridgehead atoms. The molecule has 119 heavy (non-hydrogen) atoms. The highest BCUT2D eigenvalue weighted by atomic mass is 16.4. The van der Waals surface area contributed by atoms with Gasteiger partial charge in [-0.25, -0.2) is 4.98 Å². The van der Waals surface area contributed by atoms with Gasteiger partial charge in [-0.3, -0.25) is 96.3 Å². The largest absolute Gasteiger partial charge is 0.480 e. The molecule has 13 amide bonds. The molecule has 2 aromatic heterocycles. The first kappa shape index (κ1) is 98.1. The van der Waals surface area contributed by atoms with E-state index in [2.05, 4.69) is 73.4 Å². The molecule has 656 valence electrons. The van der Waals surface area contributed by atoms with Gasteiger partial charge in [0.1, 0.15) is 42.3 Å². The third-order valence-electron chi connectivity index (χ3n) is 19.5. The molecule has 1 aliphatic rings. The SMILES string of the molecule is CC(C)C[C@H](NC(=O)C[C@H](O)[C@H](CC(C)C)NC(=O)[C@H](Cc1cnc[nH]1)NC(=O)CNC(=O)[C@@H](NC(=O)[C@H](C)NC(=O)[C@H](Cc1c[nH]c2ccccc12)NC(=O)[C@H](CCC(N)=O)NC(=O)[C@@H](Cc1ccccc1)NC(=O)CCNC(=O)CCNC(=O)CN1CCCCN(CC(=O)O)CCN(CC(=O)O)CCN(CC(=O)O)CC1)C(C)C)C(N)=O. The molecular formula is C79H120N20O20. The maximum absolute atomic E-state index is 14.7. The second-order valence-corrected chi connectivity index (χ2v) is 30.9. The summed E-state index contributed by atoms with van der Waals surface area (Å²) in [5, 5.41) is 69.6. The lowest BCUT2D eigenvalue weighted by Gasteiger charge is -2.31. The van der Waals surface area contributed by atoms with Crippen molar-refractivity contribution in [1.29, 1.82) is 0 Å². The van der Waals surface area contributed by atoms with Crippen LogP contribution in [0.3, 0.4) is 0 Å². The summed E-state index contributed by atoms with van der Waals surface area (Å²) in [6.45, 7) is 11.8. The number of amides is 13. The Morgan fingerprint density at radius 3 is 1.54 bits per heavy atom. The zero-order valence-electron chi connectivity index (χ0n) is 68.7. The molecule has 2 aromatic carbocycles. The Kier molecular flexibility index (Phi) is 42.0. The number of carboxylic acid groups (broad SMARTS) is 3. The van der Waals surface area contributed by atoms with E-state index in [9.17, 15) is 97.1 Å². The van der Waals surface area contributed by atoms with E-state index in [1.807, 2.05) is 32.6 Å². The van der Waals surface area contributed by atoms with Crippen LogP contribution in [0.25, 0.3) is 10.9 Å². The summed E-state index contributed by atoms with van der Waals surface area (Å²) in [6.07, 6.45) is 2.06. The van der Waals surface area contributed by atoms with E-state index in [4.69, 9.17) is 11.5 Å². The summed E-state index contributed by atoms with van der Waals surface area (Å²) in [7, 11) is 0. The molecule has 40 nitrogen and oxygen atoms in total. The average Bonchev–Trinajstić information content (AvgIpc) is 1.67. The van der Waals surface area contributed by atoms with Gasteiger partial charge in [-0.05, 0) is 87.1 Å². The number of H-pyrrole nitrogens is 2. The molecule has 4 aromatic rings. The first-order valence-corrected chi connectivity index (χ1v) is 40.0. The molecule has 0 unspecified atom stereocenters. The van der Waals surface area contributed by atoms with E-state index in [1.165, 1.54) is 19.4 Å². The number of nitrogens with two attached hydrogens (primary N) is 2. The maximum Gasteiger partial charge on any atom is 0.317 e. The third-order valence-corrected chi connectivity index (χ3v) is 19.5. The fourth-order valence-corrected chi connectivity index (χ4v) is 13.3. The summed E-state index contributed by atoms with van der Waals surface area (Å²) in [4.78, 5) is 229. The number of rotatable bonds is 48. The highest BCUT2D eigenvalue weighted by Gasteiger charge is 2.36. The number of nitrogens with zero attached hydrogens (tertiary/aromatic N) is 5. The molecule has 3 heterocycles. The third kappa shape index (κ3) is 37.8. The van der Waals surface area contributed by atoms with Crippen LogP contribution in [-0.2, 0) is 96.0 Å². The van der Waals surface area contributed by atoms with Gasteiger partial charge < -0.3 is 100 Å². The number of primary amides is 2. The number of aliphatic hydroxyl groups excluding tert-OH is 1. The van der Waals surface area contributed by atoms with Gasteiger partial charge in [0.05, 0.1) is 57.6 Å². The molecule has 1 aliphatic heterocycles. The highest BCUT2D eigenvalue weighted by molar-refractivity contribution is 5.98. The van der Waals surface area contributed by atoms with Crippen LogP contribution in [-0.4, -0.2) is 302 Å². The molecule has 40 heteroatoms. The normalized spacial score (nSPS) is 15.8. The van der Waals surface area contributed by atoms with Crippen LogP contribution >= 0.6 is 0 Å². The molecule has 0 radical (unpaired) electrons. The quantitative estimate of drug-likeness (QED) is 0.0204. The van der Waals surface area contributed by atoms with Crippen molar-refractivity contribution in [3.8, 4) is 0 Å². The van der Waals surface area contributed by atoms with E-state index in [0.717, 1.165) is 0 Å². The Morgan fingerprint density at radius 1 is 0.471 bits per heavy atom. The fraction of sp³-hybridized carbons (Fsp3) is 0.582. The molecule has 1 fully saturated rings. The van der Waals surface area contributed by atoms with Crippen LogP contribution in [0.1, 0.15) is 123 Å². The van der Waals surface area contributed by atoms with Crippen molar-refractivity contribution in [2.75, 3.05) is 98.2 Å².